The van der Waals surface area contributed by atoms with E-state index in [2.05, 4.69) is 74.8 Å². The number of fused-ring (bicyclic) bond motifs is 3. The van der Waals surface area contributed by atoms with E-state index in [0.717, 1.165) is 16.6 Å². The van der Waals surface area contributed by atoms with Crippen molar-refractivity contribution in [2.45, 2.75) is 18.4 Å². The number of hydrogen-bond acceptors (Lipinski definition) is 3. The fourth-order valence-electron chi connectivity index (χ4n) is 4.41. The molecule has 0 saturated heterocycles. The van der Waals surface area contributed by atoms with Crippen LogP contribution in [0.4, 0.5) is 11.4 Å². The average molecular weight is 445 g/mol. The zero-order valence-corrected chi connectivity index (χ0v) is 17.4. The van der Waals surface area contributed by atoms with Crippen LogP contribution in [-0.4, -0.2) is 11.3 Å². The maximum atomic E-state index is 9.97. The lowest BCUT2D eigenvalue weighted by Gasteiger charge is -2.37. The molecule has 0 aromatic heterocycles. The standard InChI is InChI=1S/C25H21BrN2O/c26-18-10-13-24(29)17(14-18)15-27-19-11-8-16(9-12-19)25-22-6-3-5-20(22)21-4-1-2-7-23(21)28-25/h1-5,7-15,20,22,25,28-29H,6H2/t20-,22+,25+/m1/s1. The zero-order chi connectivity index (χ0) is 19.8. The van der Waals surface area contributed by atoms with Crippen molar-refractivity contribution >= 4 is 33.5 Å². The van der Waals surface area contributed by atoms with E-state index in [4.69, 9.17) is 0 Å². The van der Waals surface area contributed by atoms with Crippen LogP contribution in [0.2, 0.25) is 0 Å². The van der Waals surface area contributed by atoms with Crippen LogP contribution in [0.3, 0.4) is 0 Å². The van der Waals surface area contributed by atoms with Gasteiger partial charge in [-0.15, -0.1) is 0 Å². The number of aliphatic imine (C=N–C) groups is 1. The molecule has 0 radical (unpaired) electrons. The Bertz CT molecular complexity index is 1100. The highest BCUT2D eigenvalue weighted by Crippen LogP contribution is 2.49. The summed E-state index contributed by atoms with van der Waals surface area (Å²) in [6.45, 7) is 0. The first kappa shape index (κ1) is 18.2. The highest BCUT2D eigenvalue weighted by atomic mass is 79.9. The number of aromatic hydroxyl groups is 1. The third-order valence-corrected chi connectivity index (χ3v) is 6.36. The lowest BCUT2D eigenvalue weighted by Crippen LogP contribution is -2.28. The van der Waals surface area contributed by atoms with E-state index in [9.17, 15) is 5.11 Å². The molecule has 29 heavy (non-hydrogen) atoms. The number of para-hydroxylation sites is 1. The molecule has 1 heterocycles. The molecule has 1 aliphatic carbocycles. The number of halogens is 1. The lowest BCUT2D eigenvalue weighted by atomic mass is 9.77. The summed E-state index contributed by atoms with van der Waals surface area (Å²) < 4.78 is 0.912. The number of nitrogens with zero attached hydrogens (tertiary/aromatic N) is 1. The van der Waals surface area contributed by atoms with Crippen LogP contribution >= 0.6 is 15.9 Å². The first-order valence-electron chi connectivity index (χ1n) is 9.84. The second kappa shape index (κ2) is 7.53. The van der Waals surface area contributed by atoms with Gasteiger partial charge < -0.3 is 10.4 Å². The Kier molecular flexibility index (Phi) is 4.72. The van der Waals surface area contributed by atoms with Crippen LogP contribution in [0.25, 0.3) is 0 Å². The van der Waals surface area contributed by atoms with Crippen molar-refractivity contribution < 1.29 is 5.11 Å². The van der Waals surface area contributed by atoms with Crippen LogP contribution in [0.15, 0.2) is 88.3 Å². The van der Waals surface area contributed by atoms with E-state index in [0.29, 0.717) is 17.4 Å². The fourth-order valence-corrected chi connectivity index (χ4v) is 4.79. The normalized spacial score (nSPS) is 22.3. The van der Waals surface area contributed by atoms with Gasteiger partial charge in [0, 0.05) is 27.9 Å². The van der Waals surface area contributed by atoms with Gasteiger partial charge in [0.05, 0.1) is 11.7 Å². The van der Waals surface area contributed by atoms with Crippen LogP contribution in [0.5, 0.6) is 5.75 Å². The van der Waals surface area contributed by atoms with Crippen molar-refractivity contribution in [2.75, 3.05) is 5.32 Å². The molecule has 5 rings (SSSR count). The number of hydrogen-bond donors (Lipinski definition) is 2. The zero-order valence-electron chi connectivity index (χ0n) is 15.8. The van der Waals surface area contributed by atoms with Gasteiger partial charge >= 0.3 is 0 Å². The van der Waals surface area contributed by atoms with E-state index >= 15 is 0 Å². The number of nitrogens with one attached hydrogen (secondary N) is 1. The summed E-state index contributed by atoms with van der Waals surface area (Å²) in [5, 5.41) is 13.7. The van der Waals surface area contributed by atoms with Gasteiger partial charge in [0.2, 0.25) is 0 Å². The van der Waals surface area contributed by atoms with Gasteiger partial charge in [0.25, 0.3) is 0 Å². The maximum Gasteiger partial charge on any atom is 0.124 e. The first-order valence-corrected chi connectivity index (χ1v) is 10.6. The predicted octanol–water partition coefficient (Wildman–Crippen LogP) is 6.73. The van der Waals surface area contributed by atoms with Crippen molar-refractivity contribution in [3.05, 3.63) is 100 Å². The Hall–Kier alpha value is -2.85. The molecule has 4 heteroatoms. The van der Waals surface area contributed by atoms with E-state index in [-0.39, 0.29) is 11.8 Å². The third-order valence-electron chi connectivity index (χ3n) is 5.87. The smallest absolute Gasteiger partial charge is 0.124 e. The largest absolute Gasteiger partial charge is 0.507 e. The van der Waals surface area contributed by atoms with Gasteiger partial charge in [-0.3, -0.25) is 4.99 Å². The Labute approximate surface area is 179 Å². The number of phenolic OH excluding ortho intramolecular Hbond substituents is 1. The molecule has 0 unspecified atom stereocenters. The topological polar surface area (TPSA) is 44.6 Å². The van der Waals surface area contributed by atoms with Crippen LogP contribution in [-0.2, 0) is 0 Å². The fraction of sp³-hybridized carbons (Fsp3) is 0.160. The Balaban J connectivity index is 1.39. The first-order chi connectivity index (χ1) is 14.2. The molecule has 3 nitrogen and oxygen atoms in total. The summed E-state index contributed by atoms with van der Waals surface area (Å²) in [6.07, 6.45) is 7.47. The van der Waals surface area contributed by atoms with Crippen LogP contribution in [0.1, 0.15) is 35.1 Å². The predicted molar refractivity (Wildman–Crippen MR) is 122 cm³/mol. The van der Waals surface area contributed by atoms with Gasteiger partial charge in [0.1, 0.15) is 5.75 Å². The Morgan fingerprint density at radius 2 is 1.86 bits per heavy atom. The van der Waals surface area contributed by atoms with Gasteiger partial charge in [0.15, 0.2) is 0 Å². The molecule has 0 fully saturated rings. The highest BCUT2D eigenvalue weighted by molar-refractivity contribution is 9.10. The summed E-state index contributed by atoms with van der Waals surface area (Å²) in [7, 11) is 0. The molecule has 0 saturated carbocycles. The summed E-state index contributed by atoms with van der Waals surface area (Å²) in [5.41, 5.74) is 5.47. The van der Waals surface area contributed by atoms with E-state index in [1.54, 1.807) is 12.3 Å². The minimum absolute atomic E-state index is 0.221. The molecule has 1 aliphatic heterocycles. The molecule has 2 aliphatic rings. The highest BCUT2D eigenvalue weighted by Gasteiger charge is 2.37. The van der Waals surface area contributed by atoms with Crippen LogP contribution < -0.4 is 5.32 Å². The molecule has 0 amide bonds. The number of rotatable bonds is 3. The van der Waals surface area contributed by atoms with E-state index in [1.807, 2.05) is 24.3 Å². The van der Waals surface area contributed by atoms with Crippen LogP contribution in [0, 0.1) is 5.92 Å². The van der Waals surface area contributed by atoms with E-state index < -0.39 is 0 Å². The molecule has 144 valence electrons. The monoisotopic (exact) mass is 444 g/mol. The summed E-state index contributed by atoms with van der Waals surface area (Å²) >= 11 is 3.43. The summed E-state index contributed by atoms with van der Waals surface area (Å²) in [6, 6.07) is 22.6. The van der Waals surface area contributed by atoms with Crippen molar-refractivity contribution in [1.29, 1.82) is 0 Å². The number of phenols is 1. The summed E-state index contributed by atoms with van der Waals surface area (Å²) in [5.74, 6) is 1.24. The Morgan fingerprint density at radius 1 is 1.03 bits per heavy atom. The molecule has 3 aromatic rings. The lowest BCUT2D eigenvalue weighted by molar-refractivity contribution is 0.425. The van der Waals surface area contributed by atoms with Gasteiger partial charge in [-0.05, 0) is 59.9 Å². The second-order valence-corrected chi connectivity index (χ2v) is 8.53. The maximum absolute atomic E-state index is 9.97. The number of anilines is 1. The van der Waals surface area contributed by atoms with Crippen molar-refractivity contribution in [1.82, 2.24) is 0 Å². The molecule has 2 N–H and O–H groups in total. The van der Waals surface area contributed by atoms with Crippen molar-refractivity contribution in [2.24, 2.45) is 10.9 Å². The van der Waals surface area contributed by atoms with Gasteiger partial charge in [-0.1, -0.05) is 58.4 Å². The third kappa shape index (κ3) is 3.49. The van der Waals surface area contributed by atoms with Crippen molar-refractivity contribution in [3.63, 3.8) is 0 Å². The molecule has 3 aromatic carbocycles. The number of allylic oxidation sites excluding steroid dienone is 2. The molecule has 0 spiro atoms. The minimum Gasteiger partial charge on any atom is -0.507 e. The molecule has 0 bridgehead atoms. The minimum atomic E-state index is 0.221. The van der Waals surface area contributed by atoms with Gasteiger partial charge in [-0.2, -0.15) is 0 Å². The average Bonchev–Trinajstić information content (AvgIpc) is 3.24. The molecular formula is C25H21BrN2O. The Morgan fingerprint density at radius 3 is 2.72 bits per heavy atom. The molecular weight excluding hydrogens is 424 g/mol. The van der Waals surface area contributed by atoms with Crippen molar-refractivity contribution in [3.8, 4) is 5.75 Å². The van der Waals surface area contributed by atoms with Gasteiger partial charge in [-0.25, -0.2) is 0 Å². The summed E-state index contributed by atoms with van der Waals surface area (Å²) in [4.78, 5) is 4.53. The van der Waals surface area contributed by atoms with E-state index in [1.165, 1.54) is 16.8 Å². The quantitative estimate of drug-likeness (QED) is 0.347. The number of benzene rings is 3. The SMILES string of the molecule is Oc1ccc(Br)cc1C=Nc1ccc([C@@H]2Nc3ccccc3[C@H]3C=CC[C@@H]32)cc1. The molecule has 3 atom stereocenters. The second-order valence-electron chi connectivity index (χ2n) is 7.62.